The number of carbonyl (C=O) groups is 2. The van der Waals surface area contributed by atoms with Crippen LogP contribution < -0.4 is 5.32 Å². The highest BCUT2D eigenvalue weighted by Gasteiger charge is 2.39. The van der Waals surface area contributed by atoms with E-state index in [9.17, 15) is 29.9 Å². The summed E-state index contributed by atoms with van der Waals surface area (Å²) >= 11 is 0. The molecular weight excluding hydrogens is 556 g/mol. The van der Waals surface area contributed by atoms with Crippen LogP contribution in [0.3, 0.4) is 0 Å². The van der Waals surface area contributed by atoms with Crippen molar-refractivity contribution in [3.63, 3.8) is 0 Å². The van der Waals surface area contributed by atoms with Gasteiger partial charge in [0, 0.05) is 25.3 Å². The molecule has 0 aromatic heterocycles. The third-order valence-electron chi connectivity index (χ3n) is 7.49. The minimum Gasteiger partial charge on any atom is -0.434 e. The van der Waals surface area contributed by atoms with Crippen LogP contribution >= 0.6 is 0 Å². The average Bonchev–Trinajstić information content (AvgIpc) is 3.23. The Bertz CT molecular complexity index is 1020. The molecule has 0 radical (unpaired) electrons. The molecule has 1 aliphatic carbocycles. The van der Waals surface area contributed by atoms with E-state index in [1.54, 1.807) is 13.0 Å². The molecule has 6 atom stereocenters. The summed E-state index contributed by atoms with van der Waals surface area (Å²) in [5.41, 5.74) is 1.09. The van der Waals surface area contributed by atoms with Crippen molar-refractivity contribution in [3.05, 3.63) is 70.3 Å². The smallest absolute Gasteiger partial charge is 0.434 e. The maximum atomic E-state index is 12.5. The number of unbranched alkanes of at least 4 members (excludes halogenated alkanes) is 2. The monoisotopic (exact) mass is 604 g/mol. The largest absolute Gasteiger partial charge is 0.508 e. The Kier molecular flexibility index (Phi) is 17.0. The Balaban J connectivity index is 1.92. The number of aliphatic hydroxyl groups is 2. The molecule has 1 fully saturated rings. The second-order valence-electron chi connectivity index (χ2n) is 11.0. The molecule has 1 aliphatic rings. The molecular formula is C32H48N2O9. The van der Waals surface area contributed by atoms with E-state index in [2.05, 4.69) is 10.2 Å². The van der Waals surface area contributed by atoms with Gasteiger partial charge in [-0.3, -0.25) is 4.79 Å². The van der Waals surface area contributed by atoms with Gasteiger partial charge in [-0.1, -0.05) is 48.6 Å². The van der Waals surface area contributed by atoms with Gasteiger partial charge in [-0.2, -0.15) is 0 Å². The summed E-state index contributed by atoms with van der Waals surface area (Å²) in [4.78, 5) is 38.9. The molecule has 0 heterocycles. The molecule has 1 amide bonds. The fraction of sp³-hybridized carbons (Fsp3) is 0.625. The molecule has 0 saturated heterocycles. The zero-order chi connectivity index (χ0) is 31.5. The van der Waals surface area contributed by atoms with E-state index in [0.29, 0.717) is 51.5 Å². The summed E-state index contributed by atoms with van der Waals surface area (Å²) in [7, 11) is 0. The lowest BCUT2D eigenvalue weighted by Gasteiger charge is -2.21. The number of allylic oxidation sites excluding steroid dienone is 2. The normalized spacial score (nSPS) is 21.5. The van der Waals surface area contributed by atoms with E-state index in [-0.39, 0.29) is 30.8 Å². The number of hydrogen-bond donors (Lipinski definition) is 3. The number of ether oxygens (including phenoxy) is 2. The summed E-state index contributed by atoms with van der Waals surface area (Å²) in [5.74, 6) is -0.454. The third kappa shape index (κ3) is 15.0. The Morgan fingerprint density at radius 1 is 1.12 bits per heavy atom. The van der Waals surface area contributed by atoms with E-state index in [0.717, 1.165) is 18.4 Å². The summed E-state index contributed by atoms with van der Waals surface area (Å²) in [5, 5.41) is 33.7. The van der Waals surface area contributed by atoms with Crippen molar-refractivity contribution in [1.29, 1.82) is 0 Å². The topological polar surface area (TPSA) is 157 Å². The Morgan fingerprint density at radius 2 is 1.88 bits per heavy atom. The van der Waals surface area contributed by atoms with Crippen LogP contribution in [0.5, 0.6) is 0 Å². The van der Waals surface area contributed by atoms with E-state index in [1.165, 1.54) is 0 Å². The van der Waals surface area contributed by atoms with Gasteiger partial charge in [0.2, 0.25) is 5.91 Å². The zero-order valence-corrected chi connectivity index (χ0v) is 25.3. The number of benzene rings is 1. The van der Waals surface area contributed by atoms with Crippen LogP contribution in [-0.2, 0) is 25.5 Å². The van der Waals surface area contributed by atoms with E-state index < -0.39 is 35.7 Å². The molecule has 240 valence electrons. The lowest BCUT2D eigenvalue weighted by atomic mass is 9.89. The zero-order valence-electron chi connectivity index (χ0n) is 25.3. The Morgan fingerprint density at radius 3 is 2.60 bits per heavy atom. The number of nitrogens with zero attached hydrogens (tertiary/aromatic N) is 1. The lowest BCUT2D eigenvalue weighted by molar-refractivity contribution is -0.767. The first-order valence-electron chi connectivity index (χ1n) is 15.3. The first kappa shape index (κ1) is 35.8. The second kappa shape index (κ2) is 20.5. The Hall–Kier alpha value is -3.44. The first-order chi connectivity index (χ1) is 20.7. The van der Waals surface area contributed by atoms with Gasteiger partial charge in [-0.05, 0) is 82.8 Å². The number of aliphatic hydroxyl groups excluding tert-OH is 2. The van der Waals surface area contributed by atoms with Crippen LogP contribution in [-0.4, -0.2) is 64.9 Å². The van der Waals surface area contributed by atoms with Crippen molar-refractivity contribution in [1.82, 2.24) is 5.32 Å². The first-order valence-corrected chi connectivity index (χ1v) is 15.3. The molecule has 1 saturated carbocycles. The molecule has 0 aliphatic heterocycles. The molecule has 0 unspecified atom stereocenters. The fourth-order valence-corrected chi connectivity index (χ4v) is 5.19. The van der Waals surface area contributed by atoms with Crippen LogP contribution in [0.2, 0.25) is 0 Å². The average molecular weight is 605 g/mol. The molecule has 43 heavy (non-hydrogen) atoms. The summed E-state index contributed by atoms with van der Waals surface area (Å²) in [6.45, 7) is 4.24. The molecule has 0 bridgehead atoms. The molecule has 11 heteroatoms. The maximum Gasteiger partial charge on any atom is 0.508 e. The van der Waals surface area contributed by atoms with Gasteiger partial charge in [0.15, 0.2) is 0 Å². The standard InChI is InChI=1S/C32H48N2O9/c1-3-33-31(37)17-10-5-4-9-16-27-28(30(36)23-29(27)35)21-20-26(19-18-25-14-7-6-8-15-25)42-32(38)41-22-12-11-13-24(2)43-34(39)40/h4,6-9,14-15,20-21,24,26-30,35-36H,3,5,10-13,16-19,22-23H2,1-2H3,(H,33,37)/b9-4-,21-20+/t24-,26-,27+,28+,29-,30+/m0/s1. The van der Waals surface area contributed by atoms with Crippen LogP contribution in [0.25, 0.3) is 0 Å². The van der Waals surface area contributed by atoms with Crippen molar-refractivity contribution < 1.29 is 39.2 Å². The van der Waals surface area contributed by atoms with Crippen LogP contribution in [0.15, 0.2) is 54.6 Å². The van der Waals surface area contributed by atoms with Crippen molar-refractivity contribution in [2.45, 2.75) is 102 Å². The SMILES string of the molecule is CCNC(=O)CCC/C=C\C[C@@H]1[C@@H](/C=C/[C@H](CCc2ccccc2)OC(=O)OCCCC[C@H](C)O[N+](=O)[O-])[C@H](O)C[C@@H]1O. The number of nitrogens with one attached hydrogen (secondary N) is 1. The van der Waals surface area contributed by atoms with Crippen molar-refractivity contribution >= 4 is 12.1 Å². The molecule has 2 rings (SSSR count). The highest BCUT2D eigenvalue weighted by Crippen LogP contribution is 2.36. The Labute approximate surface area is 254 Å². The molecule has 1 aromatic rings. The van der Waals surface area contributed by atoms with E-state index in [1.807, 2.05) is 55.5 Å². The van der Waals surface area contributed by atoms with Crippen LogP contribution in [0.4, 0.5) is 4.79 Å². The number of aryl methyl sites for hydroxylation is 1. The third-order valence-corrected chi connectivity index (χ3v) is 7.49. The number of amides is 1. The molecule has 3 N–H and O–H groups in total. The summed E-state index contributed by atoms with van der Waals surface area (Å²) in [6.07, 6.45) is 9.86. The highest BCUT2D eigenvalue weighted by molar-refractivity contribution is 5.75. The number of rotatable bonds is 20. The quantitative estimate of drug-likeness (QED) is 0.0607. The molecule has 1 aromatic carbocycles. The lowest BCUT2D eigenvalue weighted by Crippen LogP contribution is -2.22. The van der Waals surface area contributed by atoms with Gasteiger partial charge in [0.05, 0.1) is 18.8 Å². The molecule has 0 spiro atoms. The van der Waals surface area contributed by atoms with E-state index >= 15 is 0 Å². The van der Waals surface area contributed by atoms with Crippen molar-refractivity contribution in [2.75, 3.05) is 13.2 Å². The van der Waals surface area contributed by atoms with Gasteiger partial charge in [-0.25, -0.2) is 4.79 Å². The number of hydrogen-bond acceptors (Lipinski definition) is 9. The van der Waals surface area contributed by atoms with Gasteiger partial charge >= 0.3 is 6.16 Å². The minimum atomic E-state index is -0.815. The fourth-order valence-electron chi connectivity index (χ4n) is 5.19. The number of carbonyl (C=O) groups excluding carboxylic acids is 2. The predicted octanol–water partition coefficient (Wildman–Crippen LogP) is 5.07. The van der Waals surface area contributed by atoms with Crippen LogP contribution in [0.1, 0.15) is 77.2 Å². The summed E-state index contributed by atoms with van der Waals surface area (Å²) < 4.78 is 10.9. The summed E-state index contributed by atoms with van der Waals surface area (Å²) in [6, 6.07) is 9.82. The highest BCUT2D eigenvalue weighted by atomic mass is 17.0. The van der Waals surface area contributed by atoms with Crippen molar-refractivity contribution in [2.24, 2.45) is 11.8 Å². The minimum absolute atomic E-state index is 0.0401. The van der Waals surface area contributed by atoms with E-state index in [4.69, 9.17) is 9.47 Å². The van der Waals surface area contributed by atoms with Gasteiger partial charge in [0.1, 0.15) is 12.2 Å². The maximum absolute atomic E-state index is 12.5. The van der Waals surface area contributed by atoms with Crippen LogP contribution in [0, 0.1) is 22.0 Å². The van der Waals surface area contributed by atoms with Gasteiger partial charge in [-0.15, -0.1) is 10.1 Å². The molecule has 11 nitrogen and oxygen atoms in total. The predicted molar refractivity (Wildman–Crippen MR) is 161 cm³/mol. The van der Waals surface area contributed by atoms with Crippen molar-refractivity contribution in [3.8, 4) is 0 Å². The van der Waals surface area contributed by atoms with Gasteiger partial charge < -0.3 is 29.8 Å². The second-order valence-corrected chi connectivity index (χ2v) is 11.0. The van der Waals surface area contributed by atoms with Gasteiger partial charge in [0.25, 0.3) is 5.09 Å².